The Morgan fingerprint density at radius 1 is 1.00 bits per heavy atom. The van der Waals surface area contributed by atoms with Gasteiger partial charge in [0, 0.05) is 12.6 Å². The van der Waals surface area contributed by atoms with Crippen molar-refractivity contribution in [2.75, 3.05) is 21.3 Å². The Balaban J connectivity index is 2.02. The second kappa shape index (κ2) is 8.49. The molecular weight excluding hydrogens is 380 g/mol. The van der Waals surface area contributed by atoms with E-state index in [9.17, 15) is 9.59 Å². The quantitative estimate of drug-likeness (QED) is 0.710. The van der Waals surface area contributed by atoms with Crippen molar-refractivity contribution < 1.29 is 19.1 Å². The lowest BCUT2D eigenvalue weighted by Gasteiger charge is -2.01. The molecule has 3 aromatic rings. The van der Waals surface area contributed by atoms with Crippen LogP contribution in [0.5, 0.6) is 11.5 Å². The van der Waals surface area contributed by atoms with Crippen LogP contribution in [0.3, 0.4) is 0 Å². The third-order valence-corrected chi connectivity index (χ3v) is 4.76. The summed E-state index contributed by atoms with van der Waals surface area (Å²) in [4.78, 5) is 28.8. The molecule has 0 aliphatic heterocycles. The zero-order valence-electron chi connectivity index (χ0n) is 15.5. The van der Waals surface area contributed by atoms with Gasteiger partial charge in [-0.2, -0.15) is 9.06 Å². The molecule has 2 amide bonds. The van der Waals surface area contributed by atoms with E-state index in [4.69, 9.17) is 9.47 Å². The summed E-state index contributed by atoms with van der Waals surface area (Å²) in [6, 6.07) is 13.7. The molecule has 0 saturated heterocycles. The summed E-state index contributed by atoms with van der Waals surface area (Å²) < 4.78 is 12.0. The number of hydrogen-bond acceptors (Lipinski definition) is 6. The molecule has 1 heterocycles. The number of ether oxygens (including phenoxy) is 2. The summed E-state index contributed by atoms with van der Waals surface area (Å²) in [6.07, 6.45) is 0. The highest BCUT2D eigenvalue weighted by molar-refractivity contribution is 7.04. The lowest BCUT2D eigenvalue weighted by Crippen LogP contribution is -2.24. The molecule has 0 aliphatic rings. The molecule has 8 nitrogen and oxygen atoms in total. The van der Waals surface area contributed by atoms with Gasteiger partial charge in [0.1, 0.15) is 11.5 Å². The van der Waals surface area contributed by atoms with Crippen molar-refractivity contribution in [3.63, 3.8) is 0 Å². The van der Waals surface area contributed by atoms with E-state index in [1.807, 2.05) is 0 Å². The molecule has 0 atom stereocenters. The number of aromatic nitrogens is 2. The minimum absolute atomic E-state index is 0.0742. The molecule has 1 aromatic heterocycles. The molecule has 0 aliphatic carbocycles. The smallest absolute Gasteiger partial charge is 0.278 e. The number of rotatable bonds is 5. The van der Waals surface area contributed by atoms with E-state index in [2.05, 4.69) is 15.4 Å². The highest BCUT2D eigenvalue weighted by Crippen LogP contribution is 2.16. The van der Waals surface area contributed by atoms with Gasteiger partial charge >= 0.3 is 0 Å². The van der Waals surface area contributed by atoms with E-state index < -0.39 is 11.8 Å². The van der Waals surface area contributed by atoms with E-state index in [1.54, 1.807) is 62.8 Å². The van der Waals surface area contributed by atoms with E-state index in [-0.39, 0.29) is 10.4 Å². The third-order valence-electron chi connectivity index (χ3n) is 3.84. The molecule has 1 N–H and O–H groups in total. The van der Waals surface area contributed by atoms with Crippen LogP contribution in [0, 0.1) is 0 Å². The Kier molecular flexibility index (Phi) is 5.85. The molecular formula is C19H18N4O4S. The Labute approximate surface area is 165 Å². The number of amides is 2. The number of nitrogens with one attached hydrogen (secondary N) is 1. The van der Waals surface area contributed by atoms with Crippen molar-refractivity contribution in [2.45, 2.75) is 0 Å². The van der Waals surface area contributed by atoms with Crippen LogP contribution in [0.15, 0.2) is 53.5 Å². The predicted molar refractivity (Wildman–Crippen MR) is 104 cm³/mol. The molecule has 0 saturated carbocycles. The molecule has 144 valence electrons. The molecule has 0 spiro atoms. The maximum absolute atomic E-state index is 12.5. The van der Waals surface area contributed by atoms with Gasteiger partial charge in [-0.05, 0) is 60.1 Å². The van der Waals surface area contributed by atoms with Crippen molar-refractivity contribution in [2.24, 2.45) is 4.99 Å². The molecule has 28 heavy (non-hydrogen) atoms. The zero-order chi connectivity index (χ0) is 20.1. The molecule has 0 radical (unpaired) electrons. The van der Waals surface area contributed by atoms with Gasteiger partial charge in [0.2, 0.25) is 0 Å². The standard InChI is InChI=1S/C19H18N4O4S/c1-20-18(25)16-19(21-17(24)12-4-8-14(26-2)9-5-12)28-23(22-16)13-6-10-15(27-3)11-7-13/h4-11H,1-3H3,(H,20,25). The van der Waals surface area contributed by atoms with Crippen LogP contribution in [0.25, 0.3) is 5.69 Å². The second-order valence-electron chi connectivity index (χ2n) is 5.54. The SMILES string of the molecule is CNC(=O)c1nn(-c2ccc(OC)cc2)sc1=NC(=O)c1ccc(OC)cc1. The van der Waals surface area contributed by atoms with E-state index in [0.717, 1.165) is 11.5 Å². The largest absolute Gasteiger partial charge is 0.497 e. The molecule has 3 rings (SSSR count). The Morgan fingerprint density at radius 3 is 2.11 bits per heavy atom. The Morgan fingerprint density at radius 2 is 1.57 bits per heavy atom. The molecule has 0 unspecified atom stereocenters. The van der Waals surface area contributed by atoms with Gasteiger partial charge in [-0.3, -0.25) is 9.59 Å². The average molecular weight is 398 g/mol. The Hall–Kier alpha value is -3.46. The van der Waals surface area contributed by atoms with E-state index in [0.29, 0.717) is 22.7 Å². The van der Waals surface area contributed by atoms with Crippen LogP contribution in [0.4, 0.5) is 0 Å². The van der Waals surface area contributed by atoms with Gasteiger partial charge in [-0.1, -0.05) is 0 Å². The summed E-state index contributed by atoms with van der Waals surface area (Å²) >= 11 is 1.09. The number of nitrogens with zero attached hydrogens (tertiary/aromatic N) is 3. The number of benzene rings is 2. The fourth-order valence-corrected chi connectivity index (χ4v) is 3.18. The van der Waals surface area contributed by atoms with E-state index >= 15 is 0 Å². The summed E-state index contributed by atoms with van der Waals surface area (Å²) in [6.45, 7) is 0. The van der Waals surface area contributed by atoms with E-state index in [1.165, 1.54) is 11.1 Å². The Bertz CT molecular complexity index is 1050. The topological polar surface area (TPSA) is 94.8 Å². The fourth-order valence-electron chi connectivity index (χ4n) is 2.32. The highest BCUT2D eigenvalue weighted by atomic mass is 32.1. The number of hydrogen-bond donors (Lipinski definition) is 1. The van der Waals surface area contributed by atoms with Crippen molar-refractivity contribution in [1.29, 1.82) is 0 Å². The van der Waals surface area contributed by atoms with Crippen molar-refractivity contribution in [1.82, 2.24) is 14.5 Å². The monoisotopic (exact) mass is 398 g/mol. The van der Waals surface area contributed by atoms with Gasteiger partial charge in [0.25, 0.3) is 11.8 Å². The van der Waals surface area contributed by atoms with Crippen molar-refractivity contribution >= 4 is 23.3 Å². The van der Waals surface area contributed by atoms with Gasteiger partial charge < -0.3 is 14.8 Å². The maximum Gasteiger partial charge on any atom is 0.278 e. The third kappa shape index (κ3) is 4.09. The lowest BCUT2D eigenvalue weighted by molar-refractivity contribution is 0.0956. The summed E-state index contributed by atoms with van der Waals surface area (Å²) in [5.74, 6) is 0.438. The van der Waals surface area contributed by atoms with Gasteiger partial charge in [0.15, 0.2) is 10.4 Å². The first-order chi connectivity index (χ1) is 13.5. The number of methoxy groups -OCH3 is 2. The highest BCUT2D eigenvalue weighted by Gasteiger charge is 2.16. The van der Waals surface area contributed by atoms with Crippen LogP contribution in [-0.4, -0.2) is 42.3 Å². The van der Waals surface area contributed by atoms with Crippen LogP contribution in [-0.2, 0) is 0 Å². The number of carbonyl (C=O) groups excluding carboxylic acids is 2. The van der Waals surface area contributed by atoms with Crippen LogP contribution >= 0.6 is 11.5 Å². The lowest BCUT2D eigenvalue weighted by atomic mass is 10.2. The molecule has 0 bridgehead atoms. The molecule has 9 heteroatoms. The van der Waals surface area contributed by atoms with Crippen molar-refractivity contribution in [3.8, 4) is 17.2 Å². The molecule has 2 aromatic carbocycles. The van der Waals surface area contributed by atoms with Crippen molar-refractivity contribution in [3.05, 3.63) is 64.5 Å². The first-order valence-electron chi connectivity index (χ1n) is 8.26. The molecule has 0 fully saturated rings. The van der Waals surface area contributed by atoms with Crippen LogP contribution in [0.2, 0.25) is 0 Å². The van der Waals surface area contributed by atoms with Gasteiger partial charge in [-0.15, -0.1) is 5.10 Å². The summed E-state index contributed by atoms with van der Waals surface area (Å²) in [5, 5.41) is 6.81. The maximum atomic E-state index is 12.5. The first-order valence-corrected chi connectivity index (χ1v) is 9.03. The first kappa shape index (κ1) is 19.3. The predicted octanol–water partition coefficient (Wildman–Crippen LogP) is 2.05. The minimum atomic E-state index is -0.474. The zero-order valence-corrected chi connectivity index (χ0v) is 16.3. The fraction of sp³-hybridized carbons (Fsp3) is 0.158. The van der Waals surface area contributed by atoms with Crippen LogP contribution < -0.4 is 19.5 Å². The average Bonchev–Trinajstić information content (AvgIpc) is 3.17. The van der Waals surface area contributed by atoms with Gasteiger partial charge in [-0.25, -0.2) is 0 Å². The number of carbonyl (C=O) groups is 2. The summed E-state index contributed by atoms with van der Waals surface area (Å²) in [5.41, 5.74) is 1.17. The van der Waals surface area contributed by atoms with Gasteiger partial charge in [0.05, 0.1) is 19.9 Å². The second-order valence-corrected chi connectivity index (χ2v) is 6.46. The summed E-state index contributed by atoms with van der Waals surface area (Å²) in [7, 11) is 4.62. The normalized spacial score (nSPS) is 11.2. The van der Waals surface area contributed by atoms with Crippen LogP contribution in [0.1, 0.15) is 20.8 Å². The minimum Gasteiger partial charge on any atom is -0.497 e.